The molecule has 188 valence electrons. The second-order valence-corrected chi connectivity index (χ2v) is 8.41. The molecule has 1 aliphatic rings. The fourth-order valence-electron chi connectivity index (χ4n) is 4.25. The number of likely N-dealkylation sites (tertiary alicyclic amines) is 1. The largest absolute Gasteiger partial charge is 0.507 e. The summed E-state index contributed by atoms with van der Waals surface area (Å²) in [7, 11) is 1.51. The summed E-state index contributed by atoms with van der Waals surface area (Å²) < 4.78 is 26.6. The molecule has 36 heavy (non-hydrogen) atoms. The highest BCUT2D eigenvalue weighted by Gasteiger charge is 2.46. The van der Waals surface area contributed by atoms with Crippen LogP contribution in [-0.2, 0) is 16.1 Å². The van der Waals surface area contributed by atoms with Crippen LogP contribution >= 0.6 is 0 Å². The first kappa shape index (κ1) is 25.0. The van der Waals surface area contributed by atoms with E-state index in [-0.39, 0.29) is 23.4 Å². The Kier molecular flexibility index (Phi) is 7.68. The second kappa shape index (κ2) is 11.1. The molecular formula is C27H28FN3O5. The van der Waals surface area contributed by atoms with Crippen LogP contribution in [0.4, 0.5) is 4.39 Å². The van der Waals surface area contributed by atoms with Crippen molar-refractivity contribution in [2.24, 2.45) is 0 Å². The lowest BCUT2D eigenvalue weighted by Gasteiger charge is -2.26. The number of hydrogen-bond donors (Lipinski definition) is 1. The summed E-state index contributed by atoms with van der Waals surface area (Å²) in [4.78, 5) is 31.8. The van der Waals surface area contributed by atoms with Gasteiger partial charge < -0.3 is 24.0 Å². The Labute approximate surface area is 208 Å². The molecule has 1 aromatic heterocycles. The van der Waals surface area contributed by atoms with E-state index in [2.05, 4.69) is 4.98 Å². The number of Topliss-reactive ketones (excluding diaryl/α,β-unsaturated/α-hetero) is 1. The summed E-state index contributed by atoms with van der Waals surface area (Å²) in [6.45, 7) is 3.37. The number of ketones is 1. The molecule has 2 aromatic carbocycles. The zero-order chi connectivity index (χ0) is 25.7. The van der Waals surface area contributed by atoms with Crippen molar-refractivity contribution in [3.05, 3.63) is 83.7 Å². The summed E-state index contributed by atoms with van der Waals surface area (Å²) in [5.74, 6) is -1.35. The van der Waals surface area contributed by atoms with Crippen LogP contribution in [0.25, 0.3) is 5.76 Å². The number of methoxy groups -OCH3 is 1. The van der Waals surface area contributed by atoms with Crippen molar-refractivity contribution < 1.29 is 28.6 Å². The average molecular weight is 494 g/mol. The molecule has 1 atom stereocenters. The Bertz CT molecular complexity index is 1250. The lowest BCUT2D eigenvalue weighted by Crippen LogP contribution is -2.31. The summed E-state index contributed by atoms with van der Waals surface area (Å²) >= 11 is 0. The van der Waals surface area contributed by atoms with Crippen molar-refractivity contribution in [1.29, 1.82) is 0 Å². The van der Waals surface area contributed by atoms with Gasteiger partial charge in [-0.15, -0.1) is 0 Å². The van der Waals surface area contributed by atoms with Crippen LogP contribution in [0, 0.1) is 5.82 Å². The standard InChI is InChI=1S/C27H28FN3O5/c1-3-15-36-21-10-7-19(16-22(21)35-2)24-23(25(32)18-5-8-20(28)9-6-18)26(33)27(34)31(24)13-4-12-30-14-11-29-17-30/h5-11,14,16-17,24,32H,3-4,12-13,15H2,1-2H3/b25-23+. The van der Waals surface area contributed by atoms with Gasteiger partial charge in [0.2, 0.25) is 0 Å². The smallest absolute Gasteiger partial charge is 0.295 e. The first-order valence-corrected chi connectivity index (χ1v) is 11.8. The minimum absolute atomic E-state index is 0.0569. The third kappa shape index (κ3) is 5.10. The first-order valence-electron chi connectivity index (χ1n) is 11.8. The van der Waals surface area contributed by atoms with Crippen LogP contribution in [0.15, 0.2) is 66.8 Å². The van der Waals surface area contributed by atoms with Gasteiger partial charge in [0.05, 0.1) is 31.7 Å². The van der Waals surface area contributed by atoms with Gasteiger partial charge in [-0.05, 0) is 54.8 Å². The van der Waals surface area contributed by atoms with Crippen molar-refractivity contribution in [3.63, 3.8) is 0 Å². The summed E-state index contributed by atoms with van der Waals surface area (Å²) in [6, 6.07) is 9.46. The summed E-state index contributed by atoms with van der Waals surface area (Å²) in [5, 5.41) is 11.1. The number of aromatic nitrogens is 2. The van der Waals surface area contributed by atoms with Gasteiger partial charge in [0.25, 0.3) is 11.7 Å². The molecule has 1 saturated heterocycles. The molecule has 4 rings (SSSR count). The number of carbonyl (C=O) groups is 2. The Balaban J connectivity index is 1.75. The number of imidazole rings is 1. The Morgan fingerprint density at radius 2 is 1.89 bits per heavy atom. The van der Waals surface area contributed by atoms with Gasteiger partial charge in [0.15, 0.2) is 11.5 Å². The number of benzene rings is 2. The van der Waals surface area contributed by atoms with Gasteiger partial charge in [-0.3, -0.25) is 9.59 Å². The predicted octanol–water partition coefficient (Wildman–Crippen LogP) is 4.33. The number of hydrogen-bond acceptors (Lipinski definition) is 6. The number of rotatable bonds is 10. The fraction of sp³-hybridized carbons (Fsp3) is 0.296. The van der Waals surface area contributed by atoms with E-state index in [0.29, 0.717) is 36.6 Å². The Morgan fingerprint density at radius 3 is 2.56 bits per heavy atom. The average Bonchev–Trinajstić information content (AvgIpc) is 3.49. The zero-order valence-corrected chi connectivity index (χ0v) is 20.2. The first-order chi connectivity index (χ1) is 17.4. The SMILES string of the molecule is CCCOc1ccc(C2/C(=C(\O)c3ccc(F)cc3)C(=O)C(=O)N2CCCn2ccnc2)cc1OC. The van der Waals surface area contributed by atoms with Crippen LogP contribution in [0.1, 0.15) is 36.9 Å². The number of aliphatic hydroxyl groups is 1. The third-order valence-electron chi connectivity index (χ3n) is 6.00. The van der Waals surface area contributed by atoms with Crippen LogP contribution in [0.3, 0.4) is 0 Å². The molecular weight excluding hydrogens is 465 g/mol. The Morgan fingerprint density at radius 1 is 1.11 bits per heavy atom. The molecule has 9 heteroatoms. The van der Waals surface area contributed by atoms with E-state index in [9.17, 15) is 19.1 Å². The number of halogens is 1. The van der Waals surface area contributed by atoms with Gasteiger partial charge in [0, 0.05) is 31.0 Å². The molecule has 1 amide bonds. The number of nitrogens with zero attached hydrogens (tertiary/aromatic N) is 3. The maximum Gasteiger partial charge on any atom is 0.295 e. The lowest BCUT2D eigenvalue weighted by atomic mass is 9.95. The maximum absolute atomic E-state index is 13.5. The molecule has 1 aliphatic heterocycles. The van der Waals surface area contributed by atoms with Crippen molar-refractivity contribution in [3.8, 4) is 11.5 Å². The van der Waals surface area contributed by atoms with Gasteiger partial charge in [0.1, 0.15) is 11.6 Å². The van der Waals surface area contributed by atoms with E-state index in [1.54, 1.807) is 30.7 Å². The molecule has 1 unspecified atom stereocenters. The molecule has 1 N–H and O–H groups in total. The number of carbonyl (C=O) groups excluding carboxylic acids is 2. The fourth-order valence-corrected chi connectivity index (χ4v) is 4.25. The molecule has 3 aromatic rings. The highest BCUT2D eigenvalue weighted by Crippen LogP contribution is 2.42. The molecule has 1 fully saturated rings. The summed E-state index contributed by atoms with van der Waals surface area (Å²) in [5.41, 5.74) is 0.771. The van der Waals surface area contributed by atoms with Crippen molar-refractivity contribution in [2.45, 2.75) is 32.4 Å². The van der Waals surface area contributed by atoms with E-state index in [4.69, 9.17) is 9.47 Å². The molecule has 0 radical (unpaired) electrons. The van der Waals surface area contributed by atoms with Crippen molar-refractivity contribution in [2.75, 3.05) is 20.3 Å². The molecule has 8 nitrogen and oxygen atoms in total. The Hall–Kier alpha value is -4.14. The third-order valence-corrected chi connectivity index (χ3v) is 6.00. The molecule has 2 heterocycles. The normalized spacial score (nSPS) is 17.0. The van der Waals surface area contributed by atoms with Crippen LogP contribution in [0.5, 0.6) is 11.5 Å². The van der Waals surface area contributed by atoms with Crippen LogP contribution in [-0.4, -0.2) is 51.5 Å². The molecule has 0 saturated carbocycles. The van der Waals surface area contributed by atoms with E-state index < -0.39 is 23.5 Å². The van der Waals surface area contributed by atoms with Gasteiger partial charge in [-0.2, -0.15) is 0 Å². The molecule has 0 aliphatic carbocycles. The monoisotopic (exact) mass is 493 g/mol. The highest BCUT2D eigenvalue weighted by molar-refractivity contribution is 6.46. The zero-order valence-electron chi connectivity index (χ0n) is 20.2. The highest BCUT2D eigenvalue weighted by atomic mass is 19.1. The summed E-state index contributed by atoms with van der Waals surface area (Å²) in [6.07, 6.45) is 6.55. The number of amides is 1. The van der Waals surface area contributed by atoms with E-state index in [1.807, 2.05) is 17.7 Å². The van der Waals surface area contributed by atoms with E-state index >= 15 is 0 Å². The molecule has 0 bridgehead atoms. The van der Waals surface area contributed by atoms with E-state index in [0.717, 1.165) is 6.42 Å². The number of aryl methyl sites for hydroxylation is 1. The topological polar surface area (TPSA) is 93.9 Å². The van der Waals surface area contributed by atoms with Crippen LogP contribution in [0.2, 0.25) is 0 Å². The predicted molar refractivity (Wildman–Crippen MR) is 131 cm³/mol. The van der Waals surface area contributed by atoms with Crippen molar-refractivity contribution >= 4 is 17.4 Å². The molecule has 0 spiro atoms. The minimum atomic E-state index is -0.855. The number of ether oxygens (including phenoxy) is 2. The van der Waals surface area contributed by atoms with Gasteiger partial charge in [-0.25, -0.2) is 9.37 Å². The van der Waals surface area contributed by atoms with Gasteiger partial charge in [-0.1, -0.05) is 13.0 Å². The van der Waals surface area contributed by atoms with Crippen molar-refractivity contribution in [1.82, 2.24) is 14.5 Å². The number of aliphatic hydroxyl groups excluding tert-OH is 1. The maximum atomic E-state index is 13.5. The second-order valence-electron chi connectivity index (χ2n) is 8.41. The quantitative estimate of drug-likeness (QED) is 0.257. The van der Waals surface area contributed by atoms with Gasteiger partial charge >= 0.3 is 0 Å². The minimum Gasteiger partial charge on any atom is -0.507 e. The van der Waals surface area contributed by atoms with Crippen LogP contribution < -0.4 is 9.47 Å². The van der Waals surface area contributed by atoms with E-state index in [1.165, 1.54) is 36.3 Å². The lowest BCUT2D eigenvalue weighted by molar-refractivity contribution is -0.139.